The van der Waals surface area contributed by atoms with Gasteiger partial charge < -0.3 is 21.9 Å². The number of carbonyl (C=O) groups is 2. The van der Waals surface area contributed by atoms with Crippen LogP contribution in [0.3, 0.4) is 0 Å². The first-order valence-electron chi connectivity index (χ1n) is 8.50. The summed E-state index contributed by atoms with van der Waals surface area (Å²) in [7, 11) is 0. The van der Waals surface area contributed by atoms with Gasteiger partial charge in [0, 0.05) is 12.1 Å². The van der Waals surface area contributed by atoms with Crippen molar-refractivity contribution < 1.29 is 14.7 Å². The van der Waals surface area contributed by atoms with E-state index in [4.69, 9.17) is 16.6 Å². The summed E-state index contributed by atoms with van der Waals surface area (Å²) in [6.45, 7) is -0.210. The number of nitrogen functional groups attached to an aromatic ring is 1. The first-order valence-corrected chi connectivity index (χ1v) is 8.50. The zero-order chi connectivity index (χ0) is 19.6. The van der Waals surface area contributed by atoms with Gasteiger partial charge in [0.25, 0.3) is 0 Å². The molecule has 3 aromatic carbocycles. The number of nitrogens with one attached hydrogen (secondary N) is 1. The minimum atomic E-state index is -1.06. The van der Waals surface area contributed by atoms with E-state index in [1.165, 1.54) is 10.8 Å². The van der Waals surface area contributed by atoms with Gasteiger partial charge in [0.05, 0.1) is 6.54 Å². The normalized spacial score (nSPS) is 11.1. The van der Waals surface area contributed by atoms with E-state index >= 15 is 0 Å². The molecule has 0 heterocycles. The quantitative estimate of drug-likeness (QED) is 0.517. The summed E-state index contributed by atoms with van der Waals surface area (Å²) >= 11 is 0. The fourth-order valence-electron chi connectivity index (χ4n) is 2.51. The summed E-state index contributed by atoms with van der Waals surface area (Å²) < 4.78 is 0. The van der Waals surface area contributed by atoms with Crippen LogP contribution in [0.2, 0.25) is 0 Å². The molecule has 27 heavy (non-hydrogen) atoms. The van der Waals surface area contributed by atoms with Crippen LogP contribution in [0.5, 0.6) is 0 Å². The molecular weight excluding hydrogens is 342 g/mol. The molecule has 1 atom stereocenters. The topological polar surface area (TPSA) is 118 Å². The van der Waals surface area contributed by atoms with E-state index in [1.807, 2.05) is 60.7 Å². The number of nitrogens with two attached hydrogens (primary N) is 2. The first-order chi connectivity index (χ1) is 13.0. The Morgan fingerprint density at radius 3 is 2.19 bits per heavy atom. The standard InChI is InChI=1S/C11H14N2O3.C10H9N/c12-7-10(14)13-9(11(15)16)6-8-4-2-1-3-5-8;11-10-6-5-8-3-1-2-4-9(8)7-10/h1-5,9H,6-7,12H2,(H,13,14)(H,15,16);1-7H,11H2. The lowest BCUT2D eigenvalue weighted by Gasteiger charge is -2.13. The predicted molar refractivity (Wildman–Crippen MR) is 107 cm³/mol. The van der Waals surface area contributed by atoms with Gasteiger partial charge in [-0.25, -0.2) is 4.79 Å². The van der Waals surface area contributed by atoms with Crippen LogP contribution in [0.25, 0.3) is 10.8 Å². The lowest BCUT2D eigenvalue weighted by Crippen LogP contribution is -2.44. The Labute approximate surface area is 157 Å². The van der Waals surface area contributed by atoms with Crippen LogP contribution < -0.4 is 16.8 Å². The lowest BCUT2D eigenvalue weighted by atomic mass is 10.1. The molecular formula is C21H23N3O3. The van der Waals surface area contributed by atoms with Gasteiger partial charge in [-0.2, -0.15) is 0 Å². The highest BCUT2D eigenvalue weighted by atomic mass is 16.4. The van der Waals surface area contributed by atoms with Gasteiger partial charge >= 0.3 is 5.97 Å². The molecule has 0 aliphatic heterocycles. The van der Waals surface area contributed by atoms with E-state index in [1.54, 1.807) is 0 Å². The van der Waals surface area contributed by atoms with Crippen molar-refractivity contribution >= 4 is 28.3 Å². The number of rotatable bonds is 5. The molecule has 0 aromatic heterocycles. The number of hydrogen-bond donors (Lipinski definition) is 4. The largest absolute Gasteiger partial charge is 0.480 e. The van der Waals surface area contributed by atoms with Crippen molar-refractivity contribution in [1.29, 1.82) is 0 Å². The molecule has 0 saturated carbocycles. The average Bonchev–Trinajstić information content (AvgIpc) is 2.68. The Bertz CT molecular complexity index is 897. The van der Waals surface area contributed by atoms with Crippen molar-refractivity contribution in [1.82, 2.24) is 5.32 Å². The molecule has 3 rings (SSSR count). The van der Waals surface area contributed by atoms with Crippen LogP contribution >= 0.6 is 0 Å². The molecule has 6 nitrogen and oxygen atoms in total. The Morgan fingerprint density at radius 2 is 1.56 bits per heavy atom. The number of carboxylic acid groups (broad SMARTS) is 1. The first kappa shape index (κ1) is 19.9. The fraction of sp³-hybridized carbons (Fsp3) is 0.143. The van der Waals surface area contributed by atoms with Crippen molar-refractivity contribution in [2.24, 2.45) is 5.73 Å². The second-order valence-electron chi connectivity index (χ2n) is 5.96. The van der Waals surface area contributed by atoms with Crippen LogP contribution in [0.1, 0.15) is 5.56 Å². The molecule has 0 aliphatic rings. The lowest BCUT2D eigenvalue weighted by molar-refractivity contribution is -0.141. The van der Waals surface area contributed by atoms with E-state index in [9.17, 15) is 9.59 Å². The monoisotopic (exact) mass is 365 g/mol. The van der Waals surface area contributed by atoms with Crippen LogP contribution in [0.4, 0.5) is 5.69 Å². The number of carbonyl (C=O) groups excluding carboxylic acids is 1. The predicted octanol–water partition coefficient (Wildman–Crippen LogP) is 2.18. The second kappa shape index (κ2) is 9.94. The van der Waals surface area contributed by atoms with Crippen molar-refractivity contribution in [3.63, 3.8) is 0 Å². The third-order valence-electron chi connectivity index (χ3n) is 3.87. The maximum Gasteiger partial charge on any atom is 0.326 e. The Morgan fingerprint density at radius 1 is 0.926 bits per heavy atom. The SMILES string of the molecule is NCC(=O)NC(Cc1ccccc1)C(=O)O.Nc1ccc2ccccc2c1. The summed E-state index contributed by atoms with van der Waals surface area (Å²) in [5, 5.41) is 13.7. The molecule has 0 aliphatic carbocycles. The highest BCUT2D eigenvalue weighted by molar-refractivity contribution is 5.85. The zero-order valence-electron chi connectivity index (χ0n) is 14.8. The average molecular weight is 365 g/mol. The Balaban J connectivity index is 0.000000206. The van der Waals surface area contributed by atoms with Gasteiger partial charge in [0.15, 0.2) is 0 Å². The molecule has 0 radical (unpaired) electrons. The van der Waals surface area contributed by atoms with Crippen molar-refractivity contribution in [3.05, 3.63) is 78.4 Å². The molecule has 0 spiro atoms. The van der Waals surface area contributed by atoms with Crippen LogP contribution in [0.15, 0.2) is 72.8 Å². The summed E-state index contributed by atoms with van der Waals surface area (Å²) in [5.74, 6) is -1.53. The van der Waals surface area contributed by atoms with Crippen molar-refractivity contribution in [3.8, 4) is 0 Å². The van der Waals surface area contributed by atoms with Gasteiger partial charge in [0.1, 0.15) is 6.04 Å². The van der Waals surface area contributed by atoms with E-state index in [0.29, 0.717) is 0 Å². The summed E-state index contributed by atoms with van der Waals surface area (Å²) in [6, 6.07) is 22.3. The van der Waals surface area contributed by atoms with Gasteiger partial charge in [0.2, 0.25) is 5.91 Å². The Hall–Kier alpha value is -3.38. The zero-order valence-corrected chi connectivity index (χ0v) is 14.8. The van der Waals surface area contributed by atoms with Crippen LogP contribution in [-0.2, 0) is 16.0 Å². The van der Waals surface area contributed by atoms with Crippen molar-refractivity contribution in [2.75, 3.05) is 12.3 Å². The van der Waals surface area contributed by atoms with Crippen LogP contribution in [0, 0.1) is 0 Å². The molecule has 140 valence electrons. The number of fused-ring (bicyclic) bond motifs is 1. The van der Waals surface area contributed by atoms with E-state index in [2.05, 4.69) is 17.4 Å². The van der Waals surface area contributed by atoms with E-state index in [-0.39, 0.29) is 13.0 Å². The number of aliphatic carboxylic acids is 1. The number of hydrogen-bond acceptors (Lipinski definition) is 4. The number of anilines is 1. The summed E-state index contributed by atoms with van der Waals surface area (Å²) in [6.07, 6.45) is 0.252. The minimum absolute atomic E-state index is 0.210. The van der Waals surface area contributed by atoms with Crippen molar-refractivity contribution in [2.45, 2.75) is 12.5 Å². The smallest absolute Gasteiger partial charge is 0.326 e. The third kappa shape index (κ3) is 6.45. The highest BCUT2D eigenvalue weighted by Crippen LogP contribution is 2.16. The molecule has 1 amide bonds. The number of amides is 1. The molecule has 6 N–H and O–H groups in total. The fourth-order valence-corrected chi connectivity index (χ4v) is 2.51. The minimum Gasteiger partial charge on any atom is -0.480 e. The maximum absolute atomic E-state index is 11.0. The molecule has 0 bridgehead atoms. The van der Waals surface area contributed by atoms with Gasteiger partial charge in [-0.1, -0.05) is 60.7 Å². The van der Waals surface area contributed by atoms with Crippen LogP contribution in [-0.4, -0.2) is 29.6 Å². The second-order valence-corrected chi connectivity index (χ2v) is 5.96. The highest BCUT2D eigenvalue weighted by Gasteiger charge is 2.19. The molecule has 0 saturated heterocycles. The molecule has 1 unspecified atom stereocenters. The van der Waals surface area contributed by atoms with Gasteiger partial charge in [-0.05, 0) is 28.5 Å². The maximum atomic E-state index is 11.0. The molecule has 3 aromatic rings. The summed E-state index contributed by atoms with van der Waals surface area (Å²) in [4.78, 5) is 21.9. The van der Waals surface area contributed by atoms with E-state index in [0.717, 1.165) is 11.3 Å². The van der Waals surface area contributed by atoms with Gasteiger partial charge in [-0.15, -0.1) is 0 Å². The summed E-state index contributed by atoms with van der Waals surface area (Å²) in [5.41, 5.74) is 12.4. The molecule has 0 fully saturated rings. The number of benzene rings is 3. The third-order valence-corrected chi connectivity index (χ3v) is 3.87. The van der Waals surface area contributed by atoms with Gasteiger partial charge in [-0.3, -0.25) is 4.79 Å². The number of carboxylic acids is 1. The van der Waals surface area contributed by atoms with E-state index < -0.39 is 17.9 Å². The Kier molecular flexibility index (Phi) is 7.34. The molecule has 6 heteroatoms.